The van der Waals surface area contributed by atoms with Gasteiger partial charge in [0.15, 0.2) is 0 Å². The summed E-state index contributed by atoms with van der Waals surface area (Å²) in [7, 11) is 0. The molecule has 3 aliphatic rings. The van der Waals surface area contributed by atoms with Gasteiger partial charge < -0.3 is 33.3 Å². The molecule has 4 heterocycles. The summed E-state index contributed by atoms with van der Waals surface area (Å²) in [6.07, 6.45) is 6.20. The molecule has 0 aliphatic carbocycles. The van der Waals surface area contributed by atoms with E-state index in [1.807, 2.05) is 35.0 Å². The lowest BCUT2D eigenvalue weighted by Crippen LogP contribution is -2.50. The van der Waals surface area contributed by atoms with E-state index < -0.39 is 5.79 Å². The highest BCUT2D eigenvalue weighted by molar-refractivity contribution is 6.31. The zero-order chi connectivity index (χ0) is 26.5. The third-order valence-electron chi connectivity index (χ3n) is 7.36. The van der Waals surface area contributed by atoms with Crippen LogP contribution in [0.4, 0.5) is 5.69 Å². The highest BCUT2D eigenvalue weighted by Gasteiger charge is 2.41. The van der Waals surface area contributed by atoms with Gasteiger partial charge in [-0.3, -0.25) is 0 Å². The van der Waals surface area contributed by atoms with Crippen LogP contribution in [0.15, 0.2) is 72.2 Å². The lowest BCUT2D eigenvalue weighted by molar-refractivity contribution is -0.313. The maximum absolute atomic E-state index is 6.54. The zero-order valence-corrected chi connectivity index (χ0v) is 22.7. The monoisotopic (exact) mass is 551 g/mol. The summed E-state index contributed by atoms with van der Waals surface area (Å²) in [5.41, 5.74) is 3.14. The average Bonchev–Trinajstić information content (AvgIpc) is 3.51. The van der Waals surface area contributed by atoms with E-state index in [1.54, 1.807) is 12.5 Å². The molecule has 9 nitrogen and oxygen atoms in total. The summed E-state index contributed by atoms with van der Waals surface area (Å²) in [6, 6.07) is 17.1. The minimum absolute atomic E-state index is 0.180. The van der Waals surface area contributed by atoms with Crippen molar-refractivity contribution < 1.29 is 18.9 Å². The number of benzene rings is 2. The Morgan fingerprint density at radius 2 is 1.74 bits per heavy atom. The average molecular weight is 552 g/mol. The summed E-state index contributed by atoms with van der Waals surface area (Å²) < 4.78 is 26.5. The van der Waals surface area contributed by atoms with Crippen LogP contribution in [-0.2, 0) is 37.9 Å². The number of nitrogens with zero attached hydrogens (tertiary/aromatic N) is 5. The zero-order valence-electron chi connectivity index (χ0n) is 22.0. The second-order valence-corrected chi connectivity index (χ2v) is 10.4. The molecule has 10 heteroatoms. The highest BCUT2D eigenvalue weighted by Crippen LogP contribution is 2.37. The molecule has 206 valence electrons. The topological polar surface area (TPSA) is 73.6 Å². The van der Waals surface area contributed by atoms with Crippen molar-refractivity contribution in [2.24, 2.45) is 4.99 Å². The Morgan fingerprint density at radius 1 is 0.974 bits per heavy atom. The lowest BCUT2D eigenvalue weighted by atomic mass is 10.0. The minimum atomic E-state index is -1.000. The summed E-state index contributed by atoms with van der Waals surface area (Å²) >= 11 is 6.54. The first kappa shape index (κ1) is 26.1. The van der Waals surface area contributed by atoms with E-state index in [-0.39, 0.29) is 6.10 Å². The van der Waals surface area contributed by atoms with Crippen molar-refractivity contribution in [2.45, 2.75) is 31.5 Å². The molecule has 6 rings (SSSR count). The first-order valence-corrected chi connectivity index (χ1v) is 13.9. The van der Waals surface area contributed by atoms with Crippen LogP contribution >= 0.6 is 11.6 Å². The van der Waals surface area contributed by atoms with E-state index in [2.05, 4.69) is 44.0 Å². The third kappa shape index (κ3) is 6.06. The summed E-state index contributed by atoms with van der Waals surface area (Å²) in [4.78, 5) is 13.3. The van der Waals surface area contributed by atoms with Crippen LogP contribution in [0, 0.1) is 0 Å². The predicted octanol–water partition coefficient (Wildman–Crippen LogP) is 3.92. The standard InChI is InChI=1S/C29H34ClN5O4/c30-27-5-2-1-4-26(27)29(21-33-12-11-31-22-33)38-19-25(20-39-29)37-18-23-6-8-24(9-7-23)34-13-15-35(16-14-34)28-32-10-3-17-36-28/h1-2,4-9,11-12,22,25H,3,10,13-21H2/t25-,29+. The van der Waals surface area contributed by atoms with Crippen molar-refractivity contribution in [3.63, 3.8) is 0 Å². The first-order valence-electron chi connectivity index (χ1n) is 13.5. The molecule has 3 aromatic rings. The van der Waals surface area contributed by atoms with Crippen LogP contribution in [0.3, 0.4) is 0 Å². The number of rotatable bonds is 7. The molecule has 2 saturated heterocycles. The number of hydrogen-bond donors (Lipinski definition) is 0. The van der Waals surface area contributed by atoms with Crippen molar-refractivity contribution in [3.8, 4) is 0 Å². The number of piperazine rings is 1. The van der Waals surface area contributed by atoms with E-state index in [0.29, 0.717) is 31.4 Å². The molecular weight excluding hydrogens is 518 g/mol. The van der Waals surface area contributed by atoms with Crippen molar-refractivity contribution in [2.75, 3.05) is 57.4 Å². The Hall–Kier alpha value is -3.11. The number of halogens is 1. The van der Waals surface area contributed by atoms with Crippen LogP contribution in [0.25, 0.3) is 0 Å². The number of aromatic nitrogens is 2. The lowest BCUT2D eigenvalue weighted by Gasteiger charge is -2.40. The van der Waals surface area contributed by atoms with Crippen molar-refractivity contribution in [3.05, 3.63) is 83.4 Å². The second kappa shape index (κ2) is 12.0. The molecule has 0 bridgehead atoms. The fourth-order valence-electron chi connectivity index (χ4n) is 5.18. The van der Waals surface area contributed by atoms with Crippen LogP contribution in [-0.4, -0.2) is 79.1 Å². The highest BCUT2D eigenvalue weighted by atomic mass is 35.5. The Labute approximate surface area is 233 Å². The summed E-state index contributed by atoms with van der Waals surface area (Å²) in [5.74, 6) is -1.000. The van der Waals surface area contributed by atoms with Gasteiger partial charge in [-0.15, -0.1) is 0 Å². The number of amidine groups is 1. The molecule has 3 aliphatic heterocycles. The van der Waals surface area contributed by atoms with Gasteiger partial charge in [-0.1, -0.05) is 41.9 Å². The molecular formula is C29H34ClN5O4. The number of ether oxygens (including phenoxy) is 4. The van der Waals surface area contributed by atoms with Gasteiger partial charge in [0.1, 0.15) is 6.10 Å². The largest absolute Gasteiger partial charge is 0.465 e. The number of hydrogen-bond acceptors (Lipinski definition) is 8. The molecule has 2 aromatic carbocycles. The molecule has 1 aromatic heterocycles. The molecule has 0 atom stereocenters. The molecule has 2 fully saturated rings. The van der Waals surface area contributed by atoms with Crippen molar-refractivity contribution in [1.29, 1.82) is 0 Å². The van der Waals surface area contributed by atoms with E-state index in [4.69, 9.17) is 30.5 Å². The molecule has 0 amide bonds. The quantitative estimate of drug-likeness (QED) is 0.441. The molecule has 0 unspecified atom stereocenters. The van der Waals surface area contributed by atoms with Crippen LogP contribution < -0.4 is 4.90 Å². The summed E-state index contributed by atoms with van der Waals surface area (Å²) in [5, 5.41) is 0.606. The van der Waals surface area contributed by atoms with E-state index in [9.17, 15) is 0 Å². The van der Waals surface area contributed by atoms with Gasteiger partial charge in [0.25, 0.3) is 6.02 Å². The number of aliphatic imine (C=N–C) groups is 1. The van der Waals surface area contributed by atoms with Gasteiger partial charge in [-0.25, -0.2) is 9.98 Å². The SMILES string of the molecule is Clc1ccccc1[C@]1(Cn2ccnc2)OC[C@H](OCc2ccc(N3CCN(C4=NCCCO4)CC3)cc2)CO1. The minimum Gasteiger partial charge on any atom is -0.465 e. The maximum atomic E-state index is 6.54. The number of imidazole rings is 1. The first-order chi connectivity index (χ1) is 19.2. The molecule has 39 heavy (non-hydrogen) atoms. The fraction of sp³-hybridized carbons (Fsp3) is 0.448. The van der Waals surface area contributed by atoms with E-state index >= 15 is 0 Å². The second-order valence-electron chi connectivity index (χ2n) is 10.0. The molecule has 0 N–H and O–H groups in total. The number of anilines is 1. The van der Waals surface area contributed by atoms with Crippen LogP contribution in [0.1, 0.15) is 17.5 Å². The fourth-order valence-corrected chi connectivity index (χ4v) is 5.46. The Bertz CT molecular complexity index is 1240. The molecule has 0 radical (unpaired) electrons. The molecule has 0 spiro atoms. The normalized spacial score (nSPS) is 23.8. The smallest absolute Gasteiger partial charge is 0.287 e. The van der Waals surface area contributed by atoms with Gasteiger partial charge in [0.05, 0.1) is 39.3 Å². The Balaban J connectivity index is 1.01. The van der Waals surface area contributed by atoms with Gasteiger partial charge in [0, 0.05) is 67.8 Å². The van der Waals surface area contributed by atoms with Crippen LogP contribution in [0.2, 0.25) is 5.02 Å². The van der Waals surface area contributed by atoms with Crippen LogP contribution in [0.5, 0.6) is 0 Å². The summed E-state index contributed by atoms with van der Waals surface area (Å²) in [6.45, 7) is 7.10. The third-order valence-corrected chi connectivity index (χ3v) is 7.69. The Morgan fingerprint density at radius 3 is 2.44 bits per heavy atom. The van der Waals surface area contributed by atoms with E-state index in [1.165, 1.54) is 5.69 Å². The van der Waals surface area contributed by atoms with Gasteiger partial charge >= 0.3 is 0 Å². The molecule has 0 saturated carbocycles. The van der Waals surface area contributed by atoms with Gasteiger partial charge in [-0.2, -0.15) is 0 Å². The van der Waals surface area contributed by atoms with E-state index in [0.717, 1.165) is 62.9 Å². The van der Waals surface area contributed by atoms with Gasteiger partial charge in [-0.05, 0) is 23.8 Å². The maximum Gasteiger partial charge on any atom is 0.287 e. The van der Waals surface area contributed by atoms with Gasteiger partial charge in [0.2, 0.25) is 5.79 Å². The Kier molecular flexibility index (Phi) is 8.01. The van der Waals surface area contributed by atoms with Crippen molar-refractivity contribution >= 4 is 23.3 Å². The van der Waals surface area contributed by atoms with Crippen molar-refractivity contribution in [1.82, 2.24) is 14.5 Å². The predicted molar refractivity (Wildman–Crippen MR) is 149 cm³/mol.